The smallest absolute Gasteiger partial charge is 0.0408 e. The number of piperazine rings is 1. The lowest BCUT2D eigenvalue weighted by molar-refractivity contribution is 0.0833. The Kier molecular flexibility index (Phi) is 4.11. The number of nitrogens with zero attached hydrogens (tertiary/aromatic N) is 1. The molecule has 1 aliphatic carbocycles. The zero-order chi connectivity index (χ0) is 13.2. The number of hydrogen-bond donors (Lipinski definition) is 1. The first-order valence-electron chi connectivity index (χ1n) is 7.46. The van der Waals surface area contributed by atoms with Crippen molar-refractivity contribution in [2.45, 2.75) is 32.2 Å². The predicted octanol–water partition coefficient (Wildman–Crippen LogP) is 3.39. The van der Waals surface area contributed by atoms with Gasteiger partial charge in [-0.1, -0.05) is 24.1 Å². The molecule has 1 saturated carbocycles. The highest BCUT2D eigenvalue weighted by atomic mass is 35.5. The van der Waals surface area contributed by atoms with Crippen molar-refractivity contribution in [1.82, 2.24) is 10.2 Å². The monoisotopic (exact) mass is 278 g/mol. The van der Waals surface area contributed by atoms with Gasteiger partial charge in [0.15, 0.2) is 0 Å². The van der Waals surface area contributed by atoms with E-state index in [9.17, 15) is 0 Å². The van der Waals surface area contributed by atoms with Crippen molar-refractivity contribution in [1.29, 1.82) is 0 Å². The minimum Gasteiger partial charge on any atom is -0.314 e. The molecule has 0 amide bonds. The van der Waals surface area contributed by atoms with Crippen molar-refractivity contribution < 1.29 is 0 Å². The van der Waals surface area contributed by atoms with Crippen LogP contribution >= 0.6 is 11.6 Å². The molecule has 0 spiro atoms. The van der Waals surface area contributed by atoms with Crippen molar-refractivity contribution in [3.63, 3.8) is 0 Å². The molecule has 3 heteroatoms. The van der Waals surface area contributed by atoms with E-state index in [1.807, 2.05) is 0 Å². The fourth-order valence-electron chi connectivity index (χ4n) is 3.44. The molecule has 0 aromatic heterocycles. The van der Waals surface area contributed by atoms with Crippen LogP contribution in [0.1, 0.15) is 36.4 Å². The molecule has 1 atom stereocenters. The third-order valence-corrected chi connectivity index (χ3v) is 4.93. The molecule has 1 heterocycles. The average Bonchev–Trinajstić information content (AvgIpc) is 2.35. The van der Waals surface area contributed by atoms with Gasteiger partial charge in [-0.3, -0.25) is 4.90 Å². The molecule has 0 radical (unpaired) electrons. The third-order valence-electron chi connectivity index (χ3n) is 4.69. The number of nitrogens with one attached hydrogen (secondary N) is 1. The fraction of sp³-hybridized carbons (Fsp3) is 0.625. The molecular formula is C16H23ClN2. The van der Waals surface area contributed by atoms with Gasteiger partial charge >= 0.3 is 0 Å². The summed E-state index contributed by atoms with van der Waals surface area (Å²) in [6, 6.07) is 7.03. The molecule has 3 rings (SSSR count). The highest BCUT2D eigenvalue weighted by Crippen LogP contribution is 2.42. The second-order valence-electron chi connectivity index (χ2n) is 5.92. The fourth-order valence-corrected chi connectivity index (χ4v) is 3.66. The predicted molar refractivity (Wildman–Crippen MR) is 80.7 cm³/mol. The number of aryl methyl sites for hydroxylation is 1. The quantitative estimate of drug-likeness (QED) is 0.912. The van der Waals surface area contributed by atoms with Crippen LogP contribution in [0.3, 0.4) is 0 Å². The molecule has 1 saturated heterocycles. The van der Waals surface area contributed by atoms with E-state index in [0.29, 0.717) is 6.04 Å². The third kappa shape index (κ3) is 2.81. The second kappa shape index (κ2) is 5.82. The van der Waals surface area contributed by atoms with E-state index in [2.05, 4.69) is 35.3 Å². The minimum absolute atomic E-state index is 0.605. The van der Waals surface area contributed by atoms with Crippen molar-refractivity contribution in [3.05, 3.63) is 34.3 Å². The summed E-state index contributed by atoms with van der Waals surface area (Å²) in [5.41, 5.74) is 2.85. The van der Waals surface area contributed by atoms with Crippen LogP contribution in [0.5, 0.6) is 0 Å². The van der Waals surface area contributed by atoms with E-state index < -0.39 is 0 Å². The molecule has 1 N–H and O–H groups in total. The van der Waals surface area contributed by atoms with Crippen molar-refractivity contribution in [2.75, 3.05) is 26.2 Å². The number of rotatable bonds is 3. The normalized spacial score (nSPS) is 23.1. The Balaban J connectivity index is 1.88. The van der Waals surface area contributed by atoms with Crippen LogP contribution in [-0.2, 0) is 0 Å². The topological polar surface area (TPSA) is 15.3 Å². The molecular weight excluding hydrogens is 256 g/mol. The van der Waals surface area contributed by atoms with Crippen molar-refractivity contribution in [2.24, 2.45) is 5.92 Å². The van der Waals surface area contributed by atoms with E-state index in [4.69, 9.17) is 11.6 Å². The van der Waals surface area contributed by atoms with Gasteiger partial charge in [-0.15, -0.1) is 0 Å². The molecule has 2 fully saturated rings. The van der Waals surface area contributed by atoms with Crippen LogP contribution in [0.15, 0.2) is 18.2 Å². The molecule has 1 aromatic rings. The molecule has 1 aromatic carbocycles. The molecule has 0 bridgehead atoms. The van der Waals surface area contributed by atoms with E-state index in [-0.39, 0.29) is 0 Å². The van der Waals surface area contributed by atoms with Gasteiger partial charge < -0.3 is 5.32 Å². The van der Waals surface area contributed by atoms with E-state index in [1.54, 1.807) is 0 Å². The Morgan fingerprint density at radius 3 is 2.58 bits per heavy atom. The molecule has 2 nitrogen and oxygen atoms in total. The summed E-state index contributed by atoms with van der Waals surface area (Å²) in [5, 5.41) is 4.31. The summed E-state index contributed by atoms with van der Waals surface area (Å²) >= 11 is 6.11. The van der Waals surface area contributed by atoms with Gasteiger partial charge in [-0.2, -0.15) is 0 Å². The highest BCUT2D eigenvalue weighted by molar-refractivity contribution is 6.30. The maximum atomic E-state index is 6.11. The second-order valence-corrected chi connectivity index (χ2v) is 6.36. The summed E-state index contributed by atoms with van der Waals surface area (Å²) in [5.74, 6) is 0.845. The zero-order valence-electron chi connectivity index (χ0n) is 11.7. The van der Waals surface area contributed by atoms with Gasteiger partial charge in [-0.25, -0.2) is 0 Å². The summed E-state index contributed by atoms with van der Waals surface area (Å²) < 4.78 is 0. The Morgan fingerprint density at radius 2 is 2.00 bits per heavy atom. The summed E-state index contributed by atoms with van der Waals surface area (Å²) in [4.78, 5) is 2.68. The van der Waals surface area contributed by atoms with Crippen LogP contribution in [0, 0.1) is 12.8 Å². The lowest BCUT2D eigenvalue weighted by Gasteiger charge is -2.43. The molecule has 2 aliphatic rings. The van der Waals surface area contributed by atoms with Gasteiger partial charge in [0.2, 0.25) is 0 Å². The van der Waals surface area contributed by atoms with E-state index in [0.717, 1.165) is 24.0 Å². The Hall–Kier alpha value is -0.570. The van der Waals surface area contributed by atoms with E-state index >= 15 is 0 Å². The summed E-state index contributed by atoms with van der Waals surface area (Å²) in [6.45, 7) is 6.78. The summed E-state index contributed by atoms with van der Waals surface area (Å²) in [7, 11) is 0. The lowest BCUT2D eigenvalue weighted by atomic mass is 9.75. The van der Waals surface area contributed by atoms with Crippen LogP contribution in [0.2, 0.25) is 5.02 Å². The molecule has 0 unspecified atom stereocenters. The lowest BCUT2D eigenvalue weighted by Crippen LogP contribution is -2.48. The first kappa shape index (κ1) is 13.4. The van der Waals surface area contributed by atoms with Crippen LogP contribution in [-0.4, -0.2) is 31.1 Å². The van der Waals surface area contributed by atoms with Crippen molar-refractivity contribution in [3.8, 4) is 0 Å². The standard InChI is InChI=1S/C16H23ClN2/c1-12-11-14(17)5-6-15(12)16(13-3-2-4-13)19-9-7-18-8-10-19/h5-6,11,13,16,18H,2-4,7-10H2,1H3/t16-/m0/s1. The van der Waals surface area contributed by atoms with Gasteiger partial charge in [0, 0.05) is 37.2 Å². The Bertz CT molecular complexity index is 436. The SMILES string of the molecule is Cc1cc(Cl)ccc1[C@H](C1CCC1)N1CCNCC1. The number of hydrogen-bond acceptors (Lipinski definition) is 2. The van der Waals surface area contributed by atoms with Gasteiger partial charge in [0.05, 0.1) is 0 Å². The minimum atomic E-state index is 0.605. The van der Waals surface area contributed by atoms with Crippen molar-refractivity contribution >= 4 is 11.6 Å². The highest BCUT2D eigenvalue weighted by Gasteiger charge is 2.34. The first-order valence-corrected chi connectivity index (χ1v) is 7.84. The molecule has 104 valence electrons. The zero-order valence-corrected chi connectivity index (χ0v) is 12.4. The average molecular weight is 279 g/mol. The number of halogens is 1. The molecule has 1 aliphatic heterocycles. The Labute approximate surface area is 121 Å². The van der Waals surface area contributed by atoms with Gasteiger partial charge in [0.25, 0.3) is 0 Å². The van der Waals surface area contributed by atoms with Gasteiger partial charge in [0.1, 0.15) is 0 Å². The van der Waals surface area contributed by atoms with Gasteiger partial charge in [-0.05, 0) is 48.9 Å². The first-order chi connectivity index (χ1) is 9.25. The van der Waals surface area contributed by atoms with Crippen LogP contribution in [0.4, 0.5) is 0 Å². The van der Waals surface area contributed by atoms with Crippen LogP contribution < -0.4 is 5.32 Å². The molecule has 19 heavy (non-hydrogen) atoms. The van der Waals surface area contributed by atoms with E-state index in [1.165, 1.54) is 43.5 Å². The Morgan fingerprint density at radius 1 is 1.26 bits per heavy atom. The largest absolute Gasteiger partial charge is 0.314 e. The summed E-state index contributed by atoms with van der Waals surface area (Å²) in [6.07, 6.45) is 4.17. The maximum absolute atomic E-state index is 6.11. The van der Waals surface area contributed by atoms with Crippen LogP contribution in [0.25, 0.3) is 0 Å². The number of benzene rings is 1. The maximum Gasteiger partial charge on any atom is 0.0408 e.